The average molecular weight is 473 g/mol. The molecule has 2 heteroatoms. The van der Waals surface area contributed by atoms with Gasteiger partial charge in [0.2, 0.25) is 0 Å². The fraction of sp³-hybridized carbons (Fsp3) is 0.0357. The van der Waals surface area contributed by atoms with Crippen LogP contribution in [0.15, 0.2) is 115 Å². The van der Waals surface area contributed by atoms with E-state index in [0.717, 1.165) is 16.7 Å². The summed E-state index contributed by atoms with van der Waals surface area (Å²) in [4.78, 5) is 0. The number of benzene rings is 4. The maximum Gasteiger partial charge on any atom is 3.00 e. The summed E-state index contributed by atoms with van der Waals surface area (Å²) in [6.07, 6.45) is 0. The summed E-state index contributed by atoms with van der Waals surface area (Å²) in [6.45, 7) is 13.1. The van der Waals surface area contributed by atoms with Crippen LogP contribution in [0, 0.1) is 27.7 Å². The molecule has 151 valence electrons. The van der Waals surface area contributed by atoms with Crippen molar-refractivity contribution < 1.29 is 31.3 Å². The predicted octanol–water partition coefficient (Wildman–Crippen LogP) is 7.30. The zero-order valence-corrected chi connectivity index (χ0v) is 20.0. The third-order valence-electron chi connectivity index (χ3n) is 3.56. The summed E-state index contributed by atoms with van der Waals surface area (Å²) in [6, 6.07) is 36.7. The van der Waals surface area contributed by atoms with Gasteiger partial charge >= 0.3 is 26.2 Å². The van der Waals surface area contributed by atoms with Crippen LogP contribution in [0.4, 0.5) is 0 Å². The van der Waals surface area contributed by atoms with Gasteiger partial charge in [0.05, 0.1) is 0 Å². The molecule has 0 amide bonds. The van der Waals surface area contributed by atoms with Crippen molar-refractivity contribution in [2.75, 3.05) is 0 Å². The van der Waals surface area contributed by atoms with Crippen molar-refractivity contribution in [1.29, 1.82) is 0 Å². The van der Waals surface area contributed by atoms with Crippen LogP contribution in [0.3, 0.4) is 0 Å². The summed E-state index contributed by atoms with van der Waals surface area (Å²) < 4.78 is 0. The van der Waals surface area contributed by atoms with E-state index in [-0.39, 0.29) is 26.2 Å². The van der Waals surface area contributed by atoms with E-state index in [4.69, 9.17) is 5.11 Å². The number of aromatic hydroxyl groups is 1. The van der Waals surface area contributed by atoms with Crippen LogP contribution in [-0.2, 0) is 26.2 Å². The van der Waals surface area contributed by atoms with E-state index in [1.165, 1.54) is 5.56 Å². The van der Waals surface area contributed by atoms with E-state index in [0.29, 0.717) is 5.75 Å². The Hall–Kier alpha value is -2.83. The Morgan fingerprint density at radius 3 is 0.900 bits per heavy atom. The number of hydrogen-bond donors (Lipinski definition) is 1. The van der Waals surface area contributed by atoms with Crippen molar-refractivity contribution >= 4 is 0 Å². The minimum absolute atomic E-state index is 0. The number of rotatable bonds is 0. The minimum atomic E-state index is 0. The molecule has 0 unspecified atom stereocenters. The summed E-state index contributed by atoms with van der Waals surface area (Å²) in [5.41, 5.74) is 4.38. The van der Waals surface area contributed by atoms with Crippen molar-refractivity contribution in [1.82, 2.24) is 0 Å². The molecule has 0 atom stereocenters. The summed E-state index contributed by atoms with van der Waals surface area (Å²) >= 11 is 0. The molecule has 0 aliphatic carbocycles. The zero-order chi connectivity index (χ0) is 21.3. The molecule has 0 bridgehead atoms. The van der Waals surface area contributed by atoms with Crippen molar-refractivity contribution in [2.24, 2.45) is 0 Å². The van der Waals surface area contributed by atoms with Crippen molar-refractivity contribution in [2.45, 2.75) is 6.92 Å². The van der Waals surface area contributed by atoms with Crippen molar-refractivity contribution in [3.8, 4) is 5.75 Å². The van der Waals surface area contributed by atoms with Gasteiger partial charge < -0.3 is 5.11 Å². The second-order valence-corrected chi connectivity index (χ2v) is 6.29. The second-order valence-electron chi connectivity index (χ2n) is 6.29. The summed E-state index contributed by atoms with van der Waals surface area (Å²) in [5, 5.41) is 8.76. The molecule has 0 aliphatic rings. The Morgan fingerprint density at radius 2 is 0.733 bits per heavy atom. The number of aryl methyl sites for hydroxylation is 1. The van der Waals surface area contributed by atoms with E-state index >= 15 is 0 Å². The molecule has 1 N–H and O–H groups in total. The molecule has 0 fully saturated rings. The van der Waals surface area contributed by atoms with Gasteiger partial charge in [0.15, 0.2) is 0 Å². The molecule has 0 saturated carbocycles. The van der Waals surface area contributed by atoms with Crippen LogP contribution in [-0.4, -0.2) is 5.11 Å². The van der Waals surface area contributed by atoms with Gasteiger partial charge in [0.1, 0.15) is 5.75 Å². The molecular formula is C28H29OZr. The quantitative estimate of drug-likeness (QED) is 0.266. The zero-order valence-electron chi connectivity index (χ0n) is 17.5. The van der Waals surface area contributed by atoms with Gasteiger partial charge in [-0.1, -0.05) is 35.9 Å². The van der Waals surface area contributed by atoms with Crippen LogP contribution < -0.4 is 0 Å². The predicted molar refractivity (Wildman–Crippen MR) is 126 cm³/mol. The Morgan fingerprint density at radius 1 is 0.467 bits per heavy atom. The molecule has 0 aliphatic heterocycles. The normalized spacial score (nSPS) is 8.43. The summed E-state index contributed by atoms with van der Waals surface area (Å²) in [5.74, 6) is 0.329. The number of phenols is 1. The van der Waals surface area contributed by atoms with Gasteiger partial charge in [-0.3, -0.25) is 0 Å². The van der Waals surface area contributed by atoms with Gasteiger partial charge in [0.25, 0.3) is 0 Å². The first-order valence-electron chi connectivity index (χ1n) is 9.34. The van der Waals surface area contributed by atoms with E-state index in [9.17, 15) is 0 Å². The average Bonchev–Trinajstić information content (AvgIpc) is 2.73. The van der Waals surface area contributed by atoms with E-state index < -0.39 is 0 Å². The maximum absolute atomic E-state index is 8.76. The summed E-state index contributed by atoms with van der Waals surface area (Å²) in [7, 11) is 0. The molecule has 0 heterocycles. The van der Waals surface area contributed by atoms with Crippen LogP contribution in [0.2, 0.25) is 0 Å². The maximum atomic E-state index is 8.76. The van der Waals surface area contributed by atoms with E-state index in [2.05, 4.69) is 20.8 Å². The molecule has 4 aromatic rings. The van der Waals surface area contributed by atoms with Gasteiger partial charge in [-0.25, -0.2) is 0 Å². The largest absolute Gasteiger partial charge is 3.00 e. The Kier molecular flexibility index (Phi) is 15.5. The molecule has 4 rings (SSSR count). The van der Waals surface area contributed by atoms with Crippen LogP contribution in [0.25, 0.3) is 0 Å². The molecule has 1 nitrogen and oxygen atoms in total. The standard InChI is InChI=1S/C7H8O.3C7H7.Zr/c1-6-2-4-7(8)5-3-6;3*1-7-5-3-2-4-6-7;/h2-5,8H,1H3;3*2-6H,1H2;/q;3*-1;+3. The third kappa shape index (κ3) is 15.1. The van der Waals surface area contributed by atoms with Crippen LogP contribution in [0.1, 0.15) is 22.3 Å². The smallest absolute Gasteiger partial charge is 0.508 e. The Labute approximate surface area is 201 Å². The van der Waals surface area contributed by atoms with E-state index in [1.807, 2.05) is 110 Å². The first kappa shape index (κ1) is 27.2. The topological polar surface area (TPSA) is 20.2 Å². The molecule has 0 spiro atoms. The SMILES string of the molecule is Cc1ccc(O)cc1.[CH2-]c1ccccc1.[CH2-]c1ccccc1.[CH2-]c1ccccc1.[Zr+3]. The minimum Gasteiger partial charge on any atom is -0.508 e. The van der Waals surface area contributed by atoms with Gasteiger partial charge in [-0.05, 0) is 19.1 Å². The second kappa shape index (κ2) is 17.1. The van der Waals surface area contributed by atoms with E-state index in [1.54, 1.807) is 12.1 Å². The van der Waals surface area contributed by atoms with Crippen molar-refractivity contribution in [3.05, 3.63) is 158 Å². The van der Waals surface area contributed by atoms with Gasteiger partial charge in [-0.15, -0.1) is 36.4 Å². The number of phenolic OH excluding ortho intramolecular Hbond substituents is 1. The van der Waals surface area contributed by atoms with Crippen LogP contribution >= 0.6 is 0 Å². The number of hydrogen-bond acceptors (Lipinski definition) is 1. The molecule has 0 saturated heterocycles. The Balaban J connectivity index is 0.000000370. The molecule has 4 aromatic carbocycles. The van der Waals surface area contributed by atoms with Gasteiger partial charge in [-0.2, -0.15) is 73.9 Å². The fourth-order valence-corrected chi connectivity index (χ4v) is 1.98. The molecule has 1 radical (unpaired) electrons. The van der Waals surface area contributed by atoms with Crippen molar-refractivity contribution in [3.63, 3.8) is 0 Å². The molecule has 30 heavy (non-hydrogen) atoms. The first-order valence-corrected chi connectivity index (χ1v) is 9.34. The van der Waals surface area contributed by atoms with Gasteiger partial charge in [0, 0.05) is 0 Å². The fourth-order valence-electron chi connectivity index (χ4n) is 1.98. The van der Waals surface area contributed by atoms with Crippen LogP contribution in [0.5, 0.6) is 5.75 Å². The molecular weight excluding hydrogens is 444 g/mol. The third-order valence-corrected chi connectivity index (χ3v) is 3.56. The first-order chi connectivity index (χ1) is 14.0. The molecule has 0 aromatic heterocycles. The Bertz CT molecular complexity index is 764. The monoisotopic (exact) mass is 471 g/mol.